The molecule has 0 aliphatic rings. The van der Waals surface area contributed by atoms with Crippen molar-refractivity contribution >= 4 is 11.3 Å². The summed E-state index contributed by atoms with van der Waals surface area (Å²) in [4.78, 5) is 1.33. The van der Waals surface area contributed by atoms with Crippen molar-refractivity contribution in [1.29, 1.82) is 0 Å². The van der Waals surface area contributed by atoms with Gasteiger partial charge in [0, 0.05) is 5.56 Å². The summed E-state index contributed by atoms with van der Waals surface area (Å²) >= 11 is 1.78. The number of hydrogen-bond donors (Lipinski definition) is 1. The summed E-state index contributed by atoms with van der Waals surface area (Å²) in [6.07, 6.45) is 1.15. The van der Waals surface area contributed by atoms with Crippen LogP contribution >= 0.6 is 11.3 Å². The van der Waals surface area contributed by atoms with Gasteiger partial charge in [0.2, 0.25) is 0 Å². The smallest absolute Gasteiger partial charge is 0.145 e. The maximum Gasteiger partial charge on any atom is 0.145 e. The Morgan fingerprint density at radius 1 is 1.12 bits per heavy atom. The summed E-state index contributed by atoms with van der Waals surface area (Å²) in [6.45, 7) is 4.51. The van der Waals surface area contributed by atoms with E-state index in [-0.39, 0.29) is 6.04 Å². The Labute approximate surface area is 107 Å². The van der Waals surface area contributed by atoms with Gasteiger partial charge in [-0.05, 0) is 29.3 Å². The van der Waals surface area contributed by atoms with Crippen LogP contribution in [0.5, 0.6) is 0 Å². The lowest BCUT2D eigenvalue weighted by Gasteiger charge is -2.09. The zero-order valence-electron chi connectivity index (χ0n) is 10.5. The van der Waals surface area contributed by atoms with Gasteiger partial charge in [-0.25, -0.2) is 0 Å². The van der Waals surface area contributed by atoms with E-state index in [1.165, 1.54) is 16.0 Å². The normalized spacial score (nSPS) is 12.9. The van der Waals surface area contributed by atoms with E-state index in [0.29, 0.717) is 5.92 Å². The van der Waals surface area contributed by atoms with Crippen molar-refractivity contribution in [2.24, 2.45) is 5.92 Å². The van der Waals surface area contributed by atoms with Crippen LogP contribution in [-0.2, 0) is 6.42 Å². The number of hydrogen-bond acceptors (Lipinski definition) is 1. The third-order valence-corrected chi connectivity index (χ3v) is 3.90. The first-order valence-corrected chi connectivity index (χ1v) is 7.00. The topological polar surface area (TPSA) is 27.6 Å². The zero-order chi connectivity index (χ0) is 12.3. The van der Waals surface area contributed by atoms with Gasteiger partial charge in [-0.1, -0.05) is 44.2 Å². The minimum absolute atomic E-state index is 0.267. The highest BCUT2D eigenvalue weighted by Crippen LogP contribution is 2.22. The number of rotatable bonds is 4. The van der Waals surface area contributed by atoms with Crippen LogP contribution < -0.4 is 5.73 Å². The van der Waals surface area contributed by atoms with Crippen LogP contribution in [0.4, 0.5) is 0 Å². The molecule has 1 aromatic carbocycles. The second-order valence-electron chi connectivity index (χ2n) is 4.91. The molecule has 1 aromatic heterocycles. The molecule has 2 rings (SSSR count). The predicted octanol–water partition coefficient (Wildman–Crippen LogP) is 3.28. The maximum absolute atomic E-state index is 4.25. The molecule has 0 amide bonds. The van der Waals surface area contributed by atoms with E-state index in [9.17, 15) is 0 Å². The standard InChI is InChI=1S/C15H19NS/c1-11(2)10-12-5-7-13(8-6-12)15(16)14-4-3-9-17-14/h3-9,11,15H,10,16H2,1-2H3/p+1/t15-/m1/s1. The largest absolute Gasteiger partial charge is 0.347 e. The Bertz CT molecular complexity index is 442. The van der Waals surface area contributed by atoms with Crippen LogP contribution in [0.15, 0.2) is 41.8 Å². The molecular weight excluding hydrogens is 226 g/mol. The third-order valence-electron chi connectivity index (χ3n) is 2.91. The lowest BCUT2D eigenvalue weighted by Crippen LogP contribution is -2.53. The van der Waals surface area contributed by atoms with Crippen LogP contribution in [-0.4, -0.2) is 0 Å². The molecule has 17 heavy (non-hydrogen) atoms. The van der Waals surface area contributed by atoms with Crippen molar-refractivity contribution in [3.8, 4) is 0 Å². The monoisotopic (exact) mass is 246 g/mol. The van der Waals surface area contributed by atoms with E-state index >= 15 is 0 Å². The summed E-state index contributed by atoms with van der Waals surface area (Å²) in [5.41, 5.74) is 6.98. The maximum atomic E-state index is 4.25. The van der Waals surface area contributed by atoms with Crippen molar-refractivity contribution in [2.45, 2.75) is 26.3 Å². The molecule has 0 aliphatic heterocycles. The van der Waals surface area contributed by atoms with Crippen molar-refractivity contribution in [1.82, 2.24) is 0 Å². The molecule has 3 N–H and O–H groups in total. The van der Waals surface area contributed by atoms with Gasteiger partial charge in [-0.2, -0.15) is 0 Å². The summed E-state index contributed by atoms with van der Waals surface area (Å²) in [6, 6.07) is 13.4. The SMILES string of the molecule is CC(C)Cc1ccc([C@@H]([NH3+])c2cccs2)cc1. The lowest BCUT2D eigenvalue weighted by atomic mass is 9.99. The van der Waals surface area contributed by atoms with E-state index in [2.05, 4.69) is 61.4 Å². The minimum atomic E-state index is 0.267. The molecule has 0 saturated heterocycles. The Morgan fingerprint density at radius 2 is 1.82 bits per heavy atom. The molecular formula is C15H20NS+. The van der Waals surface area contributed by atoms with Crippen molar-refractivity contribution in [2.75, 3.05) is 0 Å². The van der Waals surface area contributed by atoms with Crippen LogP contribution in [0.25, 0.3) is 0 Å². The zero-order valence-corrected chi connectivity index (χ0v) is 11.3. The van der Waals surface area contributed by atoms with E-state index in [4.69, 9.17) is 0 Å². The molecule has 0 saturated carbocycles. The fourth-order valence-corrected chi connectivity index (χ4v) is 2.78. The molecule has 1 heterocycles. The summed E-state index contributed by atoms with van der Waals surface area (Å²) in [5, 5.41) is 2.11. The van der Waals surface area contributed by atoms with Gasteiger partial charge < -0.3 is 5.73 Å². The van der Waals surface area contributed by atoms with Gasteiger partial charge in [0.1, 0.15) is 6.04 Å². The second-order valence-corrected chi connectivity index (χ2v) is 5.89. The van der Waals surface area contributed by atoms with Gasteiger partial charge in [0.05, 0.1) is 4.88 Å². The van der Waals surface area contributed by atoms with Crippen LogP contribution in [0.2, 0.25) is 0 Å². The van der Waals surface area contributed by atoms with Gasteiger partial charge in [-0.15, -0.1) is 11.3 Å². The summed E-state index contributed by atoms with van der Waals surface area (Å²) in [7, 11) is 0. The predicted molar refractivity (Wildman–Crippen MR) is 74.0 cm³/mol. The van der Waals surface area contributed by atoms with Crippen LogP contribution in [0.1, 0.15) is 35.9 Å². The van der Waals surface area contributed by atoms with Crippen LogP contribution in [0, 0.1) is 5.92 Å². The average molecular weight is 246 g/mol. The highest BCUT2D eigenvalue weighted by atomic mass is 32.1. The van der Waals surface area contributed by atoms with E-state index < -0.39 is 0 Å². The molecule has 2 aromatic rings. The number of benzene rings is 1. The average Bonchev–Trinajstić information content (AvgIpc) is 2.82. The van der Waals surface area contributed by atoms with Gasteiger partial charge in [0.25, 0.3) is 0 Å². The first kappa shape index (κ1) is 12.3. The Hall–Kier alpha value is -1.12. The highest BCUT2D eigenvalue weighted by Gasteiger charge is 2.13. The highest BCUT2D eigenvalue weighted by molar-refractivity contribution is 7.10. The third kappa shape index (κ3) is 3.18. The van der Waals surface area contributed by atoms with Crippen LogP contribution in [0.3, 0.4) is 0 Å². The molecule has 1 atom stereocenters. The van der Waals surface area contributed by atoms with Crippen molar-refractivity contribution in [3.63, 3.8) is 0 Å². The molecule has 0 bridgehead atoms. The fourth-order valence-electron chi connectivity index (χ4n) is 2.01. The fraction of sp³-hybridized carbons (Fsp3) is 0.333. The minimum Gasteiger partial charge on any atom is -0.347 e. The molecule has 0 fully saturated rings. The van der Waals surface area contributed by atoms with Crippen molar-refractivity contribution < 1.29 is 5.73 Å². The number of quaternary nitrogens is 1. The van der Waals surface area contributed by atoms with Gasteiger partial charge in [-0.3, -0.25) is 0 Å². The molecule has 2 heteroatoms. The second kappa shape index (κ2) is 5.48. The van der Waals surface area contributed by atoms with Crippen molar-refractivity contribution in [3.05, 3.63) is 57.8 Å². The summed E-state index contributed by atoms with van der Waals surface area (Å²) < 4.78 is 0. The molecule has 0 radical (unpaired) electrons. The lowest BCUT2D eigenvalue weighted by molar-refractivity contribution is -0.410. The first-order valence-electron chi connectivity index (χ1n) is 6.12. The number of thiophene rings is 1. The molecule has 90 valence electrons. The quantitative estimate of drug-likeness (QED) is 0.857. The van der Waals surface area contributed by atoms with E-state index in [0.717, 1.165) is 6.42 Å². The molecule has 0 aliphatic carbocycles. The summed E-state index contributed by atoms with van der Waals surface area (Å²) in [5.74, 6) is 0.716. The molecule has 0 spiro atoms. The first-order chi connectivity index (χ1) is 8.16. The van der Waals surface area contributed by atoms with Gasteiger partial charge in [0.15, 0.2) is 0 Å². The van der Waals surface area contributed by atoms with E-state index in [1.807, 2.05) is 0 Å². The molecule has 0 unspecified atom stereocenters. The Kier molecular flexibility index (Phi) is 3.97. The Morgan fingerprint density at radius 3 is 2.35 bits per heavy atom. The Balaban J connectivity index is 2.12. The molecule has 1 nitrogen and oxygen atoms in total. The van der Waals surface area contributed by atoms with Gasteiger partial charge >= 0.3 is 0 Å². The van der Waals surface area contributed by atoms with E-state index in [1.54, 1.807) is 11.3 Å².